The summed E-state index contributed by atoms with van der Waals surface area (Å²) in [6.07, 6.45) is -11.0. The van der Waals surface area contributed by atoms with E-state index < -0.39 is 57.0 Å². The number of amides is 1. The quantitative estimate of drug-likeness (QED) is 0.458. The highest BCUT2D eigenvalue weighted by molar-refractivity contribution is 7.86. The van der Waals surface area contributed by atoms with Gasteiger partial charge in [-0.2, -0.15) is 26.3 Å². The number of alkyl halides is 7. The van der Waals surface area contributed by atoms with E-state index >= 15 is 4.39 Å². The predicted molar refractivity (Wildman–Crippen MR) is 124 cm³/mol. The van der Waals surface area contributed by atoms with Gasteiger partial charge in [-0.15, -0.1) is 0 Å². The van der Waals surface area contributed by atoms with Gasteiger partial charge in [-0.25, -0.2) is 4.39 Å². The third kappa shape index (κ3) is 4.47. The van der Waals surface area contributed by atoms with Crippen LogP contribution in [0.25, 0.3) is 0 Å². The summed E-state index contributed by atoms with van der Waals surface area (Å²) < 4.78 is 109. The Morgan fingerprint density at radius 2 is 1.63 bits per heavy atom. The zero-order valence-electron chi connectivity index (χ0n) is 19.2. The van der Waals surface area contributed by atoms with Crippen LogP contribution in [0.5, 0.6) is 0 Å². The first-order valence-electron chi connectivity index (χ1n) is 11.3. The number of rotatable bonds is 4. The minimum Gasteiger partial charge on any atom is -0.374 e. The van der Waals surface area contributed by atoms with Crippen LogP contribution in [0.4, 0.5) is 30.7 Å². The molecule has 2 aromatic rings. The third-order valence-electron chi connectivity index (χ3n) is 6.98. The maximum atomic E-state index is 15.3. The van der Waals surface area contributed by atoms with Gasteiger partial charge in [-0.05, 0) is 23.3 Å². The molecule has 0 radical (unpaired) electrons. The molecule has 14 heteroatoms. The van der Waals surface area contributed by atoms with Crippen molar-refractivity contribution in [3.05, 3.63) is 69.7 Å². The molecule has 3 aliphatic rings. The standard InChI is InChI=1S/C24H18ClF7N2O3S/c25-18-6-5-16(7-17(18)23(27,28)29)22(24(30,31)32)8-19(33-37-22)13-1-3-15(4-2-13)21(26)11-34(12-21)20(35)14-9-38(36)10-14/h1-7,14H,8-12H2. The smallest absolute Gasteiger partial charge is 0.374 e. The molecule has 0 bridgehead atoms. The monoisotopic (exact) mass is 582 g/mol. The summed E-state index contributed by atoms with van der Waals surface area (Å²) >= 11 is 5.56. The fraction of sp³-hybridized carbons (Fsp3) is 0.417. The second-order valence-corrected chi connectivity index (χ2v) is 11.5. The van der Waals surface area contributed by atoms with Crippen molar-refractivity contribution >= 4 is 34.0 Å². The first-order valence-corrected chi connectivity index (χ1v) is 13.1. The second-order valence-electron chi connectivity index (χ2n) is 9.53. The zero-order valence-corrected chi connectivity index (χ0v) is 20.8. The lowest BCUT2D eigenvalue weighted by molar-refractivity contribution is -0.276. The van der Waals surface area contributed by atoms with E-state index in [9.17, 15) is 35.3 Å². The van der Waals surface area contributed by atoms with Crippen LogP contribution in [0.15, 0.2) is 47.6 Å². The number of hydrogen-bond donors (Lipinski definition) is 0. The van der Waals surface area contributed by atoms with Gasteiger partial charge in [0.05, 0.1) is 35.3 Å². The van der Waals surface area contributed by atoms with Crippen molar-refractivity contribution in [3.63, 3.8) is 0 Å². The summed E-state index contributed by atoms with van der Waals surface area (Å²) in [4.78, 5) is 18.4. The van der Waals surface area contributed by atoms with Crippen LogP contribution in [0.2, 0.25) is 5.02 Å². The van der Waals surface area contributed by atoms with Gasteiger partial charge in [0.25, 0.3) is 5.60 Å². The van der Waals surface area contributed by atoms with Gasteiger partial charge in [0.15, 0.2) is 5.67 Å². The number of nitrogens with zero attached hydrogens (tertiary/aromatic N) is 2. The van der Waals surface area contributed by atoms with E-state index in [-0.39, 0.29) is 53.3 Å². The summed E-state index contributed by atoms with van der Waals surface area (Å²) in [6.45, 7) is -0.401. The lowest BCUT2D eigenvalue weighted by Gasteiger charge is -2.46. The van der Waals surface area contributed by atoms with Crippen LogP contribution >= 0.6 is 11.6 Å². The van der Waals surface area contributed by atoms with Crippen molar-refractivity contribution in [2.24, 2.45) is 11.1 Å². The Bertz CT molecular complexity index is 1330. The summed E-state index contributed by atoms with van der Waals surface area (Å²) in [7, 11) is -1.02. The minimum absolute atomic E-state index is 0.165. The Hall–Kier alpha value is -2.67. The average Bonchev–Trinajstić information content (AvgIpc) is 3.26. The first kappa shape index (κ1) is 26.9. The summed E-state index contributed by atoms with van der Waals surface area (Å²) in [5.74, 6) is -0.0998. The molecule has 204 valence electrons. The Morgan fingerprint density at radius 3 is 2.18 bits per heavy atom. The molecule has 0 aromatic heterocycles. The van der Waals surface area contributed by atoms with E-state index in [0.717, 1.165) is 12.1 Å². The lowest BCUT2D eigenvalue weighted by atomic mass is 9.84. The van der Waals surface area contributed by atoms with Crippen LogP contribution in [-0.2, 0) is 37.9 Å². The van der Waals surface area contributed by atoms with Gasteiger partial charge in [0.1, 0.15) is 0 Å². The molecule has 5 nitrogen and oxygen atoms in total. The van der Waals surface area contributed by atoms with Crippen LogP contribution in [0.1, 0.15) is 28.7 Å². The van der Waals surface area contributed by atoms with Gasteiger partial charge in [-0.1, -0.05) is 47.1 Å². The molecule has 0 N–H and O–H groups in total. The highest BCUT2D eigenvalue weighted by Gasteiger charge is 2.62. The number of halogens is 8. The van der Waals surface area contributed by atoms with Crippen LogP contribution in [0.3, 0.4) is 0 Å². The fourth-order valence-corrected chi connectivity index (χ4v) is 6.02. The molecule has 3 aliphatic heterocycles. The fourth-order valence-electron chi connectivity index (χ4n) is 4.71. The molecule has 1 unspecified atom stereocenters. The van der Waals surface area contributed by atoms with Crippen LogP contribution in [0, 0.1) is 5.92 Å². The number of oxime groups is 1. The van der Waals surface area contributed by atoms with Crippen molar-refractivity contribution < 1.29 is 44.6 Å². The van der Waals surface area contributed by atoms with Crippen molar-refractivity contribution in [2.75, 3.05) is 24.6 Å². The number of benzene rings is 2. The first-order chi connectivity index (χ1) is 17.6. The Kier molecular flexibility index (Phi) is 6.33. The van der Waals surface area contributed by atoms with Crippen LogP contribution < -0.4 is 0 Å². The molecular formula is C24H18ClF7N2O3S. The summed E-state index contributed by atoms with van der Waals surface area (Å²) in [5, 5.41) is 2.77. The molecule has 2 saturated heterocycles. The Labute approximate surface area is 219 Å². The van der Waals surface area contributed by atoms with E-state index in [1.807, 2.05) is 0 Å². The summed E-state index contributed by atoms with van der Waals surface area (Å²) in [6, 6.07) is 7.23. The Balaban J connectivity index is 1.33. The van der Waals surface area contributed by atoms with Crippen molar-refractivity contribution in [3.8, 4) is 0 Å². The summed E-state index contributed by atoms with van der Waals surface area (Å²) in [5.41, 5.74) is -7.09. The molecule has 0 saturated carbocycles. The molecule has 2 aromatic carbocycles. The van der Waals surface area contributed by atoms with E-state index in [4.69, 9.17) is 16.4 Å². The van der Waals surface area contributed by atoms with E-state index in [1.54, 1.807) is 0 Å². The molecule has 1 atom stereocenters. The predicted octanol–water partition coefficient (Wildman–Crippen LogP) is 5.33. The van der Waals surface area contributed by atoms with Gasteiger partial charge < -0.3 is 9.74 Å². The Morgan fingerprint density at radius 1 is 1.03 bits per heavy atom. The SMILES string of the molecule is O=C(C1CS(=O)C1)N1CC(F)(c2ccc(C3=NOC(c4ccc(Cl)c(C(F)(F)F)c4)(C(F)(F)F)C3)cc2)C1. The molecule has 3 heterocycles. The molecular weight excluding hydrogens is 565 g/mol. The lowest BCUT2D eigenvalue weighted by Crippen LogP contribution is -2.62. The highest BCUT2D eigenvalue weighted by atomic mass is 35.5. The molecule has 0 spiro atoms. The van der Waals surface area contributed by atoms with Gasteiger partial charge in [0, 0.05) is 34.3 Å². The molecule has 5 rings (SSSR count). The van der Waals surface area contributed by atoms with Gasteiger partial charge >= 0.3 is 12.4 Å². The number of carbonyl (C=O) groups excluding carboxylic acids is 1. The van der Waals surface area contributed by atoms with Crippen LogP contribution in [-0.4, -0.2) is 51.5 Å². The zero-order chi connectivity index (χ0) is 27.7. The van der Waals surface area contributed by atoms with Crippen molar-refractivity contribution in [1.82, 2.24) is 4.90 Å². The van der Waals surface area contributed by atoms with E-state index in [0.29, 0.717) is 6.07 Å². The van der Waals surface area contributed by atoms with Gasteiger partial charge in [-0.3, -0.25) is 9.00 Å². The minimum atomic E-state index is -5.13. The highest BCUT2D eigenvalue weighted by Crippen LogP contribution is 2.50. The topological polar surface area (TPSA) is 59.0 Å². The number of carbonyl (C=O) groups is 1. The average molecular weight is 583 g/mol. The van der Waals surface area contributed by atoms with Gasteiger partial charge in [0.2, 0.25) is 5.91 Å². The maximum absolute atomic E-state index is 15.3. The normalized spacial score (nSPS) is 26.7. The molecule has 2 fully saturated rings. The molecule has 1 amide bonds. The largest absolute Gasteiger partial charge is 0.435 e. The number of hydrogen-bond acceptors (Lipinski definition) is 4. The number of likely N-dealkylation sites (tertiary alicyclic amines) is 1. The van der Waals surface area contributed by atoms with E-state index in [2.05, 4.69) is 5.16 Å². The molecule has 38 heavy (non-hydrogen) atoms. The third-order valence-corrected chi connectivity index (χ3v) is 8.86. The van der Waals surface area contributed by atoms with Crippen molar-refractivity contribution in [2.45, 2.75) is 30.0 Å². The van der Waals surface area contributed by atoms with Crippen molar-refractivity contribution in [1.29, 1.82) is 0 Å². The second kappa shape index (κ2) is 8.94. The maximum Gasteiger partial charge on any atom is 0.435 e. The molecule has 0 aliphatic carbocycles. The van der Waals surface area contributed by atoms with E-state index in [1.165, 1.54) is 29.2 Å².